The molecular weight excluding hydrogens is 747 g/mol. The molecule has 0 aliphatic carbocycles. The summed E-state index contributed by atoms with van der Waals surface area (Å²) in [5.74, 6) is -1.22. The molecule has 0 radical (unpaired) electrons. The average Bonchev–Trinajstić information content (AvgIpc) is 4.05. The van der Waals surface area contributed by atoms with Crippen molar-refractivity contribution in [3.05, 3.63) is 162 Å². The lowest BCUT2D eigenvalue weighted by atomic mass is 10.0. The van der Waals surface area contributed by atoms with Gasteiger partial charge < -0.3 is 23.2 Å². The Bertz CT molecular complexity index is 2850. The van der Waals surface area contributed by atoms with E-state index in [4.69, 9.17) is 9.47 Å². The average molecular weight is 797 g/mol. The number of hydrogen-bond acceptors (Lipinski definition) is 4. The van der Waals surface area contributed by atoms with Gasteiger partial charge in [-0.05, 0) is 117 Å². The van der Waals surface area contributed by atoms with Crippen LogP contribution in [0.1, 0.15) is 63.1 Å². The monoisotopic (exact) mass is 796 g/mol. The number of carbonyl (C=O) groups excluding carboxylic acids is 2. The van der Waals surface area contributed by atoms with Crippen molar-refractivity contribution in [1.82, 2.24) is 18.3 Å². The molecule has 302 valence electrons. The number of nitrogens with zero attached hydrogens (tertiary/aromatic N) is 5. The number of carbonyl (C=O) groups is 2. The fraction of sp³-hybridized carbons (Fsp3) is 0.235. The summed E-state index contributed by atoms with van der Waals surface area (Å²) in [6, 6.07) is 36.0. The molecule has 0 aliphatic heterocycles. The molecule has 0 aliphatic rings. The van der Waals surface area contributed by atoms with Gasteiger partial charge in [0.1, 0.15) is 12.4 Å². The van der Waals surface area contributed by atoms with Gasteiger partial charge >= 0.3 is 11.9 Å². The van der Waals surface area contributed by atoms with E-state index in [2.05, 4.69) is 140 Å². The predicted octanol–water partition coefficient (Wildman–Crippen LogP) is 10.2. The molecule has 9 aromatic rings. The zero-order chi connectivity index (χ0) is 41.3. The van der Waals surface area contributed by atoms with E-state index >= 15 is 0 Å². The largest absolute Gasteiger partial charge is 0.465 e. The first-order chi connectivity index (χ1) is 29.3. The zero-order valence-corrected chi connectivity index (χ0v) is 34.7. The normalized spacial score (nSPS) is 11.7. The standard InChI is InChI=1S/C51H50N5O4/c1-35-23-26-53(33-35)24-11-9-13-36-19-21-46-40(29-36)38-15-5-7-17-44(38)55(46)48-31-42(50(57)59-3)43(51(58)60-4)32-49(48)56-45-18-8-6-16-39(45)41-30-37(20-22-47(41)56)14-10-12-25-54-28-27-52(2)34-54/h5-8,15-23,26-34H,9-14,24-25H2,1-4H3/q+1. The lowest BCUT2D eigenvalue weighted by molar-refractivity contribution is -0.671. The van der Waals surface area contributed by atoms with Gasteiger partial charge in [-0.15, -0.1) is 0 Å². The van der Waals surface area contributed by atoms with Gasteiger partial charge in [-0.25, -0.2) is 18.7 Å². The minimum absolute atomic E-state index is 0.139. The minimum Gasteiger partial charge on any atom is -0.465 e. The maximum atomic E-state index is 13.6. The van der Waals surface area contributed by atoms with E-state index in [1.807, 2.05) is 19.2 Å². The van der Waals surface area contributed by atoms with Crippen molar-refractivity contribution in [3.8, 4) is 11.4 Å². The summed E-state index contributed by atoms with van der Waals surface area (Å²) < 4.78 is 21.6. The van der Waals surface area contributed by atoms with Crippen LogP contribution in [-0.2, 0) is 42.5 Å². The summed E-state index contributed by atoms with van der Waals surface area (Å²) >= 11 is 0. The van der Waals surface area contributed by atoms with Gasteiger partial charge in [0.25, 0.3) is 0 Å². The van der Waals surface area contributed by atoms with Gasteiger partial charge in [-0.2, -0.15) is 0 Å². The number of ether oxygens (including phenoxy) is 2. The summed E-state index contributed by atoms with van der Waals surface area (Å²) in [7, 11) is 4.72. The molecule has 0 amide bonds. The maximum absolute atomic E-state index is 13.6. The molecule has 0 N–H and O–H groups in total. The van der Waals surface area contributed by atoms with Crippen LogP contribution in [0.25, 0.3) is 55.0 Å². The molecule has 0 spiro atoms. The van der Waals surface area contributed by atoms with Crippen molar-refractivity contribution >= 4 is 55.6 Å². The molecule has 9 nitrogen and oxygen atoms in total. The molecule has 0 fully saturated rings. The molecule has 9 rings (SSSR count). The molecule has 9 heteroatoms. The Labute approximate surface area is 349 Å². The van der Waals surface area contributed by atoms with E-state index in [1.165, 1.54) is 30.9 Å². The van der Waals surface area contributed by atoms with Gasteiger partial charge in [0.05, 0.1) is 72.4 Å². The van der Waals surface area contributed by atoms with Crippen molar-refractivity contribution in [1.29, 1.82) is 0 Å². The fourth-order valence-corrected chi connectivity index (χ4v) is 8.94. The van der Waals surface area contributed by atoms with Crippen molar-refractivity contribution < 1.29 is 23.6 Å². The van der Waals surface area contributed by atoms with Crippen LogP contribution in [0.4, 0.5) is 0 Å². The number of benzene rings is 5. The first-order valence-electron chi connectivity index (χ1n) is 20.8. The highest BCUT2D eigenvalue weighted by Crippen LogP contribution is 2.40. The topological polar surface area (TPSA) is 76.2 Å². The first-order valence-corrected chi connectivity index (χ1v) is 20.8. The van der Waals surface area contributed by atoms with Crippen LogP contribution in [0.15, 0.2) is 134 Å². The summed E-state index contributed by atoms with van der Waals surface area (Å²) in [6.07, 6.45) is 16.9. The third-order valence-corrected chi connectivity index (χ3v) is 11.9. The number of aryl methyl sites for hydroxylation is 6. The fourth-order valence-electron chi connectivity index (χ4n) is 8.94. The number of esters is 2. The number of aromatic nitrogens is 5. The van der Waals surface area contributed by atoms with Crippen LogP contribution in [0, 0.1) is 6.92 Å². The second-order valence-electron chi connectivity index (χ2n) is 15.9. The van der Waals surface area contributed by atoms with Crippen LogP contribution in [0.2, 0.25) is 0 Å². The molecule has 0 atom stereocenters. The number of fused-ring (bicyclic) bond motifs is 6. The Morgan fingerprint density at radius 2 is 1.07 bits per heavy atom. The van der Waals surface area contributed by atoms with Crippen molar-refractivity contribution in [2.75, 3.05) is 14.2 Å². The van der Waals surface area contributed by atoms with E-state index < -0.39 is 11.9 Å². The van der Waals surface area contributed by atoms with E-state index in [-0.39, 0.29) is 11.1 Å². The van der Waals surface area contributed by atoms with Gasteiger partial charge in [0.15, 0.2) is 0 Å². The number of rotatable bonds is 14. The Balaban J connectivity index is 1.18. The Kier molecular flexibility index (Phi) is 10.6. The predicted molar refractivity (Wildman–Crippen MR) is 238 cm³/mol. The zero-order valence-electron chi connectivity index (χ0n) is 34.7. The highest BCUT2D eigenvalue weighted by atomic mass is 16.5. The molecule has 0 saturated heterocycles. The third-order valence-electron chi connectivity index (χ3n) is 11.9. The SMILES string of the molecule is COC(=O)c1cc(-n2c3ccccc3c3cc(CCCCn4ccc(C)c4)ccc32)c(-n2c3ccccc3c3cc(CCCCn4cc[n+](C)c4)ccc32)cc1C(=O)OC. The maximum Gasteiger partial charge on any atom is 0.338 e. The number of methoxy groups -OCH3 is 2. The number of imidazole rings is 1. The van der Waals surface area contributed by atoms with Crippen molar-refractivity contribution in [3.63, 3.8) is 0 Å². The quantitative estimate of drug-likeness (QED) is 0.0624. The molecule has 0 unspecified atom stereocenters. The second kappa shape index (κ2) is 16.4. The molecule has 5 aromatic carbocycles. The summed E-state index contributed by atoms with van der Waals surface area (Å²) in [5.41, 5.74) is 9.59. The van der Waals surface area contributed by atoms with Crippen LogP contribution in [0.3, 0.4) is 0 Å². The van der Waals surface area contributed by atoms with Gasteiger partial charge in [0, 0.05) is 40.5 Å². The van der Waals surface area contributed by atoms with Crippen LogP contribution < -0.4 is 4.57 Å². The smallest absolute Gasteiger partial charge is 0.338 e. The van der Waals surface area contributed by atoms with E-state index in [9.17, 15) is 9.59 Å². The third kappa shape index (κ3) is 7.25. The van der Waals surface area contributed by atoms with Crippen LogP contribution in [-0.4, -0.2) is 44.4 Å². The van der Waals surface area contributed by atoms with Gasteiger partial charge in [0.2, 0.25) is 6.33 Å². The highest BCUT2D eigenvalue weighted by molar-refractivity contribution is 6.13. The van der Waals surface area contributed by atoms with E-state index in [1.54, 1.807) is 12.1 Å². The number of para-hydroxylation sites is 2. The van der Waals surface area contributed by atoms with E-state index in [0.717, 1.165) is 107 Å². The number of hydrogen-bond donors (Lipinski definition) is 0. The van der Waals surface area contributed by atoms with Crippen LogP contribution in [0.5, 0.6) is 0 Å². The van der Waals surface area contributed by atoms with Crippen molar-refractivity contribution in [2.24, 2.45) is 7.05 Å². The molecular formula is C51H50N5O4+. The first kappa shape index (κ1) is 38.6. The molecule has 0 bridgehead atoms. The lowest BCUT2D eigenvalue weighted by Gasteiger charge is -2.20. The Morgan fingerprint density at radius 3 is 1.53 bits per heavy atom. The molecule has 60 heavy (non-hydrogen) atoms. The second-order valence-corrected chi connectivity index (χ2v) is 15.9. The number of unbranched alkanes of at least 4 members (excludes halogenated alkanes) is 2. The summed E-state index contributed by atoms with van der Waals surface area (Å²) in [6.45, 7) is 4.11. The van der Waals surface area contributed by atoms with E-state index in [0.29, 0.717) is 0 Å². The Hall–Kier alpha value is -6.87. The summed E-state index contributed by atoms with van der Waals surface area (Å²) in [5, 5.41) is 4.47. The summed E-state index contributed by atoms with van der Waals surface area (Å²) in [4.78, 5) is 27.1. The van der Waals surface area contributed by atoms with Gasteiger partial charge in [-0.3, -0.25) is 0 Å². The minimum atomic E-state index is -0.612. The highest BCUT2D eigenvalue weighted by Gasteiger charge is 2.27. The van der Waals surface area contributed by atoms with Crippen molar-refractivity contribution in [2.45, 2.75) is 58.5 Å². The Morgan fingerprint density at radius 1 is 0.567 bits per heavy atom. The molecule has 4 heterocycles. The lowest BCUT2D eigenvalue weighted by Crippen LogP contribution is -2.23. The molecule has 4 aromatic heterocycles. The van der Waals surface area contributed by atoms with Gasteiger partial charge in [-0.1, -0.05) is 48.5 Å². The molecule has 0 saturated carbocycles. The van der Waals surface area contributed by atoms with Crippen LogP contribution >= 0.6 is 0 Å².